The molecule has 3 heterocycles. The molecule has 0 amide bonds. The molecule has 1 atom stereocenters. The van der Waals surface area contributed by atoms with Crippen LogP contribution < -0.4 is 5.32 Å². The highest BCUT2D eigenvalue weighted by Crippen LogP contribution is 2.20. The van der Waals surface area contributed by atoms with E-state index in [1.165, 1.54) is 11.3 Å². The molecule has 0 fully saturated rings. The van der Waals surface area contributed by atoms with Crippen LogP contribution in [0.4, 0.5) is 5.95 Å². The maximum absolute atomic E-state index is 6.15. The summed E-state index contributed by atoms with van der Waals surface area (Å²) in [7, 11) is 0. The van der Waals surface area contributed by atoms with Gasteiger partial charge in [0, 0.05) is 62.3 Å². The van der Waals surface area contributed by atoms with Crippen LogP contribution in [0.25, 0.3) is 0 Å². The topological polar surface area (TPSA) is 58.9 Å². The molecular formula is C19H21ClN6. The third-order valence-electron chi connectivity index (χ3n) is 4.55. The normalized spacial score (nSPS) is 17.5. The molecule has 26 heavy (non-hydrogen) atoms. The van der Waals surface area contributed by atoms with Gasteiger partial charge in [-0.3, -0.25) is 9.58 Å². The molecule has 1 aliphatic heterocycles. The van der Waals surface area contributed by atoms with Crippen LogP contribution in [0.2, 0.25) is 5.02 Å². The molecule has 0 saturated heterocycles. The lowest BCUT2D eigenvalue weighted by Crippen LogP contribution is -2.31. The summed E-state index contributed by atoms with van der Waals surface area (Å²) in [5, 5.41) is 8.61. The summed E-state index contributed by atoms with van der Waals surface area (Å²) in [5.74, 6) is 1.07. The first-order chi connectivity index (χ1) is 12.8. The van der Waals surface area contributed by atoms with Gasteiger partial charge in [0.2, 0.25) is 5.95 Å². The summed E-state index contributed by atoms with van der Waals surface area (Å²) in [5.41, 5.74) is 2.47. The Labute approximate surface area is 157 Å². The molecule has 134 valence electrons. The lowest BCUT2D eigenvalue weighted by molar-refractivity contribution is 0.225. The first kappa shape index (κ1) is 17.0. The van der Waals surface area contributed by atoms with Crippen molar-refractivity contribution in [2.45, 2.75) is 19.6 Å². The van der Waals surface area contributed by atoms with Gasteiger partial charge in [-0.2, -0.15) is 5.10 Å². The fraction of sp³-hybridized carbons (Fsp3) is 0.316. The zero-order chi connectivity index (χ0) is 17.8. The Hall–Kier alpha value is -2.44. The fourth-order valence-corrected chi connectivity index (χ4v) is 3.60. The Morgan fingerprint density at radius 3 is 2.81 bits per heavy atom. The Morgan fingerprint density at radius 1 is 1.08 bits per heavy atom. The van der Waals surface area contributed by atoms with E-state index < -0.39 is 0 Å². The molecular weight excluding hydrogens is 348 g/mol. The zero-order valence-corrected chi connectivity index (χ0v) is 15.2. The second-order valence-electron chi connectivity index (χ2n) is 6.62. The number of rotatable bonds is 5. The van der Waals surface area contributed by atoms with Crippen molar-refractivity contribution in [2.75, 3.05) is 18.4 Å². The lowest BCUT2D eigenvalue weighted by Gasteiger charge is -2.24. The fourth-order valence-electron chi connectivity index (χ4n) is 3.39. The van der Waals surface area contributed by atoms with Crippen LogP contribution in [0.15, 0.2) is 55.0 Å². The van der Waals surface area contributed by atoms with Gasteiger partial charge in [0.15, 0.2) is 0 Å². The van der Waals surface area contributed by atoms with E-state index >= 15 is 0 Å². The van der Waals surface area contributed by atoms with Gasteiger partial charge in [0.25, 0.3) is 0 Å². The molecule has 1 aliphatic rings. The molecule has 2 aromatic heterocycles. The van der Waals surface area contributed by atoms with Crippen LogP contribution in [0.5, 0.6) is 0 Å². The number of anilines is 1. The van der Waals surface area contributed by atoms with E-state index in [0.717, 1.165) is 37.7 Å². The van der Waals surface area contributed by atoms with Crippen molar-refractivity contribution in [1.29, 1.82) is 0 Å². The Morgan fingerprint density at radius 2 is 1.96 bits per heavy atom. The Balaban J connectivity index is 1.48. The van der Waals surface area contributed by atoms with Gasteiger partial charge in [-0.25, -0.2) is 9.97 Å². The van der Waals surface area contributed by atoms with E-state index in [1.54, 1.807) is 12.4 Å². The molecule has 3 aromatic rings. The second-order valence-corrected chi connectivity index (χ2v) is 7.06. The zero-order valence-electron chi connectivity index (χ0n) is 14.4. The number of benzene rings is 1. The number of nitrogens with zero attached hydrogens (tertiary/aromatic N) is 5. The predicted molar refractivity (Wildman–Crippen MR) is 102 cm³/mol. The first-order valence-corrected chi connectivity index (χ1v) is 9.12. The van der Waals surface area contributed by atoms with Gasteiger partial charge in [0.05, 0.1) is 5.69 Å². The minimum Gasteiger partial charge on any atom is -0.354 e. The highest BCUT2D eigenvalue weighted by molar-refractivity contribution is 6.30. The van der Waals surface area contributed by atoms with Crippen molar-refractivity contribution < 1.29 is 0 Å². The van der Waals surface area contributed by atoms with E-state index in [-0.39, 0.29) is 0 Å². The number of fused-ring (bicyclic) bond motifs is 1. The van der Waals surface area contributed by atoms with Gasteiger partial charge in [-0.05, 0) is 29.8 Å². The van der Waals surface area contributed by atoms with Crippen molar-refractivity contribution in [3.8, 4) is 0 Å². The minimum absolute atomic E-state index is 0.402. The first-order valence-electron chi connectivity index (χ1n) is 8.74. The molecule has 0 aliphatic carbocycles. The van der Waals surface area contributed by atoms with Crippen molar-refractivity contribution in [1.82, 2.24) is 24.6 Å². The van der Waals surface area contributed by atoms with Crippen LogP contribution in [0.3, 0.4) is 0 Å². The molecule has 6 nitrogen and oxygen atoms in total. The summed E-state index contributed by atoms with van der Waals surface area (Å²) < 4.78 is 2.11. The van der Waals surface area contributed by atoms with Crippen LogP contribution in [0.1, 0.15) is 11.3 Å². The van der Waals surface area contributed by atoms with Crippen LogP contribution in [-0.4, -0.2) is 37.7 Å². The lowest BCUT2D eigenvalue weighted by atomic mass is 10.1. The van der Waals surface area contributed by atoms with Gasteiger partial charge in [0.1, 0.15) is 0 Å². The monoisotopic (exact) mass is 368 g/mol. The molecule has 0 unspecified atom stereocenters. The van der Waals surface area contributed by atoms with Crippen molar-refractivity contribution in [2.24, 2.45) is 5.92 Å². The summed E-state index contributed by atoms with van der Waals surface area (Å²) in [6, 6.07) is 12.0. The second kappa shape index (κ2) is 7.85. The van der Waals surface area contributed by atoms with Gasteiger partial charge in [-0.15, -0.1) is 0 Å². The maximum Gasteiger partial charge on any atom is 0.222 e. The highest BCUT2D eigenvalue weighted by Gasteiger charge is 2.22. The van der Waals surface area contributed by atoms with Crippen LogP contribution >= 0.6 is 11.6 Å². The molecule has 0 saturated carbocycles. The number of aromatic nitrogens is 4. The molecule has 0 spiro atoms. The highest BCUT2D eigenvalue weighted by atomic mass is 35.5. The van der Waals surface area contributed by atoms with E-state index in [2.05, 4.69) is 42.1 Å². The Bertz CT molecular complexity index is 850. The van der Waals surface area contributed by atoms with Gasteiger partial charge in [-0.1, -0.05) is 23.7 Å². The van der Waals surface area contributed by atoms with Crippen molar-refractivity contribution >= 4 is 17.5 Å². The summed E-state index contributed by atoms with van der Waals surface area (Å²) >= 11 is 6.15. The summed E-state index contributed by atoms with van der Waals surface area (Å²) in [6.07, 6.45) is 5.38. The average molecular weight is 369 g/mol. The smallest absolute Gasteiger partial charge is 0.222 e. The standard InChI is InChI=1S/C19H21ClN6/c20-17-4-1-3-15(9-17)11-25-12-16(10-23-19-21-6-2-7-22-19)13-26-18(14-25)5-8-24-26/h1-9,16H,10-14H2,(H,21,22,23)/t16-/m1/s1. The molecule has 0 bridgehead atoms. The predicted octanol–water partition coefficient (Wildman–Crippen LogP) is 3.07. The van der Waals surface area contributed by atoms with Crippen molar-refractivity contribution in [3.05, 3.63) is 71.3 Å². The van der Waals surface area contributed by atoms with E-state index in [9.17, 15) is 0 Å². The average Bonchev–Trinajstić information content (AvgIpc) is 3.00. The van der Waals surface area contributed by atoms with Gasteiger partial charge >= 0.3 is 0 Å². The number of hydrogen-bond acceptors (Lipinski definition) is 5. The quantitative estimate of drug-likeness (QED) is 0.750. The third-order valence-corrected chi connectivity index (χ3v) is 4.78. The SMILES string of the molecule is Clc1cccc(CN2Cc3ccnn3C[C@H](CNc3ncccn3)C2)c1. The number of hydrogen-bond donors (Lipinski definition) is 1. The van der Waals surface area contributed by atoms with Gasteiger partial charge < -0.3 is 5.32 Å². The number of nitrogens with one attached hydrogen (secondary N) is 1. The molecule has 7 heteroatoms. The molecule has 1 aromatic carbocycles. The molecule has 1 N–H and O–H groups in total. The Kier molecular flexibility index (Phi) is 5.13. The summed E-state index contributed by atoms with van der Waals surface area (Å²) in [6.45, 7) is 4.40. The number of halogens is 1. The maximum atomic E-state index is 6.15. The largest absolute Gasteiger partial charge is 0.354 e. The minimum atomic E-state index is 0.402. The molecule has 0 radical (unpaired) electrons. The van der Waals surface area contributed by atoms with Crippen LogP contribution in [0, 0.1) is 5.92 Å². The van der Waals surface area contributed by atoms with Crippen LogP contribution in [-0.2, 0) is 19.6 Å². The van der Waals surface area contributed by atoms with E-state index in [0.29, 0.717) is 11.9 Å². The van der Waals surface area contributed by atoms with Crippen molar-refractivity contribution in [3.63, 3.8) is 0 Å². The van der Waals surface area contributed by atoms with E-state index in [1.807, 2.05) is 30.5 Å². The molecule has 4 rings (SSSR count). The third kappa shape index (κ3) is 4.20. The van der Waals surface area contributed by atoms with E-state index in [4.69, 9.17) is 11.6 Å². The summed E-state index contributed by atoms with van der Waals surface area (Å²) in [4.78, 5) is 10.9.